The summed E-state index contributed by atoms with van der Waals surface area (Å²) in [6, 6.07) is 7.24. The third kappa shape index (κ3) is 2.62. The van der Waals surface area contributed by atoms with Crippen LogP contribution in [-0.2, 0) is 0 Å². The molecule has 0 saturated carbocycles. The average Bonchev–Trinajstić information content (AvgIpc) is 2.30. The summed E-state index contributed by atoms with van der Waals surface area (Å²) in [5.41, 5.74) is 0.534. The summed E-state index contributed by atoms with van der Waals surface area (Å²) >= 11 is 9.00. The molecule has 86 valence electrons. The lowest BCUT2D eigenvalue weighted by molar-refractivity contribution is 0.0690. The molecule has 2 aromatic rings. The molecule has 1 aromatic carbocycles. The molecule has 0 fully saturated rings. The fourth-order valence-corrected chi connectivity index (χ4v) is 1.69. The summed E-state index contributed by atoms with van der Waals surface area (Å²) in [4.78, 5) is 18.8. The Morgan fingerprint density at radius 3 is 2.53 bits per heavy atom. The van der Waals surface area contributed by atoms with Crippen LogP contribution in [0, 0.1) is 0 Å². The van der Waals surface area contributed by atoms with Crippen molar-refractivity contribution >= 4 is 33.5 Å². The first-order valence-corrected chi connectivity index (χ1v) is 5.77. The predicted octanol–water partition coefficient (Wildman–Crippen LogP) is 3.26. The molecule has 0 aliphatic carbocycles. The highest BCUT2D eigenvalue weighted by molar-refractivity contribution is 9.10. The van der Waals surface area contributed by atoms with Gasteiger partial charge in [0, 0.05) is 10.0 Å². The van der Waals surface area contributed by atoms with E-state index in [-0.39, 0.29) is 10.7 Å². The lowest BCUT2D eigenvalue weighted by Gasteiger charge is -2.02. The Labute approximate surface area is 110 Å². The SMILES string of the molecule is O=C(O)c1nc(-c2ccc(Br)cc2)ncc1Cl. The number of rotatable bonds is 2. The van der Waals surface area contributed by atoms with Crippen LogP contribution in [0.15, 0.2) is 34.9 Å². The van der Waals surface area contributed by atoms with Crippen LogP contribution in [0.2, 0.25) is 5.02 Å². The molecule has 0 amide bonds. The monoisotopic (exact) mass is 312 g/mol. The van der Waals surface area contributed by atoms with Gasteiger partial charge in [-0.15, -0.1) is 0 Å². The third-order valence-electron chi connectivity index (χ3n) is 2.05. The third-order valence-corrected chi connectivity index (χ3v) is 2.85. The highest BCUT2D eigenvalue weighted by Crippen LogP contribution is 2.21. The van der Waals surface area contributed by atoms with Gasteiger partial charge >= 0.3 is 5.97 Å². The largest absolute Gasteiger partial charge is 0.476 e. The van der Waals surface area contributed by atoms with E-state index in [1.807, 2.05) is 12.1 Å². The minimum Gasteiger partial charge on any atom is -0.476 e. The van der Waals surface area contributed by atoms with Gasteiger partial charge < -0.3 is 5.11 Å². The van der Waals surface area contributed by atoms with Crippen molar-refractivity contribution in [2.75, 3.05) is 0 Å². The molecule has 1 heterocycles. The first-order chi connectivity index (χ1) is 8.08. The maximum atomic E-state index is 10.9. The van der Waals surface area contributed by atoms with Crippen molar-refractivity contribution in [3.05, 3.63) is 45.7 Å². The maximum Gasteiger partial charge on any atom is 0.356 e. The lowest BCUT2D eigenvalue weighted by Crippen LogP contribution is -2.03. The number of benzene rings is 1. The van der Waals surface area contributed by atoms with Crippen LogP contribution in [0.4, 0.5) is 0 Å². The molecule has 0 saturated heterocycles. The van der Waals surface area contributed by atoms with E-state index in [1.54, 1.807) is 12.1 Å². The number of halogens is 2. The Morgan fingerprint density at radius 1 is 1.29 bits per heavy atom. The van der Waals surface area contributed by atoms with E-state index in [0.717, 1.165) is 10.0 Å². The summed E-state index contributed by atoms with van der Waals surface area (Å²) < 4.78 is 0.925. The summed E-state index contributed by atoms with van der Waals surface area (Å²) in [6.45, 7) is 0. The van der Waals surface area contributed by atoms with Crippen molar-refractivity contribution in [2.45, 2.75) is 0 Å². The highest BCUT2D eigenvalue weighted by Gasteiger charge is 2.13. The molecule has 6 heteroatoms. The summed E-state index contributed by atoms with van der Waals surface area (Å²) in [7, 11) is 0. The molecular weight excluding hydrogens is 307 g/mol. The van der Waals surface area contributed by atoms with Gasteiger partial charge in [0.2, 0.25) is 0 Å². The zero-order valence-electron chi connectivity index (χ0n) is 8.39. The molecule has 17 heavy (non-hydrogen) atoms. The molecule has 0 spiro atoms. The van der Waals surface area contributed by atoms with Gasteiger partial charge in [0.05, 0.1) is 11.2 Å². The number of aromatic nitrogens is 2. The van der Waals surface area contributed by atoms with Crippen molar-refractivity contribution < 1.29 is 9.90 Å². The lowest BCUT2D eigenvalue weighted by atomic mass is 10.2. The quantitative estimate of drug-likeness (QED) is 0.924. The van der Waals surface area contributed by atoms with E-state index in [4.69, 9.17) is 16.7 Å². The van der Waals surface area contributed by atoms with Crippen molar-refractivity contribution in [2.24, 2.45) is 0 Å². The van der Waals surface area contributed by atoms with Crippen LogP contribution in [-0.4, -0.2) is 21.0 Å². The molecule has 0 atom stereocenters. The second kappa shape index (κ2) is 4.81. The van der Waals surface area contributed by atoms with Gasteiger partial charge in [-0.2, -0.15) is 0 Å². The smallest absolute Gasteiger partial charge is 0.356 e. The number of carbonyl (C=O) groups is 1. The minimum atomic E-state index is -1.17. The Bertz CT molecular complexity index is 572. The van der Waals surface area contributed by atoms with Crippen LogP contribution in [0.1, 0.15) is 10.5 Å². The van der Waals surface area contributed by atoms with E-state index >= 15 is 0 Å². The molecule has 2 rings (SSSR count). The topological polar surface area (TPSA) is 63.1 Å². The summed E-state index contributed by atoms with van der Waals surface area (Å²) in [6.07, 6.45) is 1.29. The number of hydrogen-bond acceptors (Lipinski definition) is 3. The molecule has 0 radical (unpaired) electrons. The van der Waals surface area contributed by atoms with Crippen molar-refractivity contribution in [3.63, 3.8) is 0 Å². The number of hydrogen-bond donors (Lipinski definition) is 1. The first-order valence-electron chi connectivity index (χ1n) is 4.59. The number of aromatic carboxylic acids is 1. The zero-order valence-corrected chi connectivity index (χ0v) is 10.7. The molecule has 1 N–H and O–H groups in total. The Kier molecular flexibility index (Phi) is 3.40. The normalized spacial score (nSPS) is 10.2. The average molecular weight is 314 g/mol. The second-order valence-corrected chi connectivity index (χ2v) is 4.53. The standard InChI is InChI=1S/C11H6BrClN2O2/c12-7-3-1-6(2-4-7)10-14-5-8(13)9(15-10)11(16)17/h1-5H,(H,16,17). The van der Waals surface area contributed by atoms with Gasteiger partial charge in [-0.3, -0.25) is 0 Å². The first kappa shape index (κ1) is 12.0. The van der Waals surface area contributed by atoms with Crippen LogP contribution < -0.4 is 0 Å². The van der Waals surface area contributed by atoms with Gasteiger partial charge in [-0.25, -0.2) is 14.8 Å². The summed E-state index contributed by atoms with van der Waals surface area (Å²) in [5, 5.41) is 8.93. The van der Waals surface area contributed by atoms with Crippen LogP contribution in [0.25, 0.3) is 11.4 Å². The van der Waals surface area contributed by atoms with E-state index in [2.05, 4.69) is 25.9 Å². The van der Waals surface area contributed by atoms with Crippen molar-refractivity contribution in [1.82, 2.24) is 9.97 Å². The van der Waals surface area contributed by atoms with E-state index in [9.17, 15) is 4.79 Å². The van der Waals surface area contributed by atoms with Gasteiger partial charge in [0.25, 0.3) is 0 Å². The second-order valence-electron chi connectivity index (χ2n) is 3.20. The van der Waals surface area contributed by atoms with E-state index in [0.29, 0.717) is 5.82 Å². The molecular formula is C11H6BrClN2O2. The molecule has 1 aromatic heterocycles. The Balaban J connectivity index is 2.50. The van der Waals surface area contributed by atoms with Gasteiger partial charge in [0.1, 0.15) is 0 Å². The zero-order chi connectivity index (χ0) is 12.4. The predicted molar refractivity (Wildman–Crippen MR) is 67.1 cm³/mol. The van der Waals surface area contributed by atoms with Gasteiger partial charge in [-0.1, -0.05) is 39.7 Å². The van der Waals surface area contributed by atoms with E-state index in [1.165, 1.54) is 6.20 Å². The molecule has 0 aliphatic rings. The van der Waals surface area contributed by atoms with Crippen molar-refractivity contribution in [1.29, 1.82) is 0 Å². The molecule has 0 bridgehead atoms. The molecule has 0 unspecified atom stereocenters. The van der Waals surface area contributed by atoms with Crippen LogP contribution in [0.3, 0.4) is 0 Å². The molecule has 0 aliphatic heterocycles. The fraction of sp³-hybridized carbons (Fsp3) is 0. The number of nitrogens with zero attached hydrogens (tertiary/aromatic N) is 2. The Morgan fingerprint density at radius 2 is 1.94 bits per heavy atom. The molecule has 4 nitrogen and oxygen atoms in total. The van der Waals surface area contributed by atoms with E-state index < -0.39 is 5.97 Å². The van der Waals surface area contributed by atoms with Gasteiger partial charge in [-0.05, 0) is 12.1 Å². The van der Waals surface area contributed by atoms with Crippen LogP contribution in [0.5, 0.6) is 0 Å². The maximum absolute atomic E-state index is 10.9. The number of carboxylic acids is 1. The summed E-state index contributed by atoms with van der Waals surface area (Å²) in [5.74, 6) is -0.838. The van der Waals surface area contributed by atoms with Crippen LogP contribution >= 0.6 is 27.5 Å². The number of carboxylic acid groups (broad SMARTS) is 1. The highest BCUT2D eigenvalue weighted by atomic mass is 79.9. The minimum absolute atomic E-state index is 0.0263. The van der Waals surface area contributed by atoms with Crippen molar-refractivity contribution in [3.8, 4) is 11.4 Å². The Hall–Kier alpha value is -1.46. The van der Waals surface area contributed by atoms with Gasteiger partial charge in [0.15, 0.2) is 11.5 Å². The fourth-order valence-electron chi connectivity index (χ4n) is 1.26.